The summed E-state index contributed by atoms with van der Waals surface area (Å²) in [5.41, 5.74) is 3.97. The first-order valence-corrected chi connectivity index (χ1v) is 6.12. The lowest BCUT2D eigenvalue weighted by atomic mass is 10.3. The van der Waals surface area contributed by atoms with Crippen molar-refractivity contribution in [1.82, 2.24) is 0 Å². The average Bonchev–Trinajstić information content (AvgIpc) is 2.41. The number of ether oxygens (including phenoxy) is 1. The molecule has 5 heteroatoms. The zero-order valence-electron chi connectivity index (χ0n) is 9.76. The van der Waals surface area contributed by atoms with Crippen LogP contribution in [0.5, 0.6) is 5.75 Å². The van der Waals surface area contributed by atoms with Crippen molar-refractivity contribution in [3.8, 4) is 5.75 Å². The van der Waals surface area contributed by atoms with E-state index < -0.39 is 0 Å². The molecule has 2 rings (SSSR count). The van der Waals surface area contributed by atoms with Gasteiger partial charge in [0.15, 0.2) is 4.87 Å². The maximum Gasteiger partial charge on any atom is 0.292 e. The predicted molar refractivity (Wildman–Crippen MR) is 74.0 cm³/mol. The minimum Gasteiger partial charge on any atom is -0.497 e. The molecule has 1 N–H and O–H groups in total. The molecular weight excluding hydrogens is 296 g/mol. The van der Waals surface area contributed by atoms with E-state index in [1.807, 2.05) is 24.3 Å². The fourth-order valence-corrected chi connectivity index (χ4v) is 1.82. The van der Waals surface area contributed by atoms with Gasteiger partial charge in [0.25, 0.3) is 5.69 Å². The van der Waals surface area contributed by atoms with E-state index in [0.29, 0.717) is 22.0 Å². The van der Waals surface area contributed by atoms with Crippen molar-refractivity contribution in [3.05, 3.63) is 57.9 Å². The largest absolute Gasteiger partial charge is 0.497 e. The minimum absolute atomic E-state index is 0.506. The number of nitrogens with zero attached hydrogens (tertiary/aromatic N) is 1. The summed E-state index contributed by atoms with van der Waals surface area (Å²) in [6.45, 7) is 0. The van der Waals surface area contributed by atoms with Crippen LogP contribution in [0, 0.1) is 4.91 Å². The average molecular weight is 308 g/mol. The SMILES string of the molecule is COc1ccc([N+](=O)Nc2ccccc2Br)cc1. The molecule has 0 aliphatic heterocycles. The van der Waals surface area contributed by atoms with Gasteiger partial charge < -0.3 is 4.74 Å². The molecule has 18 heavy (non-hydrogen) atoms. The van der Waals surface area contributed by atoms with Crippen LogP contribution in [0.1, 0.15) is 0 Å². The number of methoxy groups -OCH3 is 1. The number of halogens is 1. The molecule has 0 bridgehead atoms. The van der Waals surface area contributed by atoms with Crippen molar-refractivity contribution < 1.29 is 9.61 Å². The summed E-state index contributed by atoms with van der Waals surface area (Å²) >= 11 is 3.37. The first-order valence-electron chi connectivity index (χ1n) is 5.33. The highest BCUT2D eigenvalue weighted by Crippen LogP contribution is 2.23. The monoisotopic (exact) mass is 307 g/mol. The van der Waals surface area contributed by atoms with E-state index >= 15 is 0 Å². The standard InChI is InChI=1S/C13H12BrN2O2/c1-18-11-8-6-10(7-9-11)16(17)15-13-5-3-2-4-12(13)14/h2-9H,1H3,(H,15,17)/q+1. The quantitative estimate of drug-likeness (QED) is 0.688. The first-order chi connectivity index (χ1) is 8.70. The molecule has 0 saturated heterocycles. The third-order valence-corrected chi connectivity index (χ3v) is 3.09. The molecule has 0 aromatic heterocycles. The molecule has 0 radical (unpaired) electrons. The Balaban J connectivity index is 2.14. The number of para-hydroxylation sites is 1. The van der Waals surface area contributed by atoms with Gasteiger partial charge in [0.05, 0.1) is 12.0 Å². The van der Waals surface area contributed by atoms with Crippen molar-refractivity contribution in [1.29, 1.82) is 0 Å². The molecule has 4 nitrogen and oxygen atoms in total. The van der Waals surface area contributed by atoms with Crippen LogP contribution in [0.15, 0.2) is 53.0 Å². The first kappa shape index (κ1) is 12.6. The van der Waals surface area contributed by atoms with Gasteiger partial charge in [0.1, 0.15) is 11.4 Å². The summed E-state index contributed by atoms with van der Waals surface area (Å²) in [6, 6.07) is 14.3. The summed E-state index contributed by atoms with van der Waals surface area (Å²) < 4.78 is 5.87. The van der Waals surface area contributed by atoms with E-state index in [-0.39, 0.29) is 0 Å². The topological polar surface area (TPSA) is 41.3 Å². The lowest BCUT2D eigenvalue weighted by Gasteiger charge is -2.01. The summed E-state index contributed by atoms with van der Waals surface area (Å²) in [6.07, 6.45) is 0. The second-order valence-corrected chi connectivity index (χ2v) is 4.44. The van der Waals surface area contributed by atoms with Gasteiger partial charge in [-0.05, 0) is 40.2 Å². The normalized spacial score (nSPS) is 9.89. The van der Waals surface area contributed by atoms with Crippen molar-refractivity contribution in [2.24, 2.45) is 0 Å². The lowest BCUT2D eigenvalue weighted by molar-refractivity contribution is -0.427. The van der Waals surface area contributed by atoms with Crippen LogP contribution in [-0.4, -0.2) is 12.0 Å². The van der Waals surface area contributed by atoms with Gasteiger partial charge in [-0.15, -0.1) is 5.43 Å². The number of hydrogen-bond acceptors (Lipinski definition) is 2. The van der Waals surface area contributed by atoms with Gasteiger partial charge in [0.2, 0.25) is 0 Å². The van der Waals surface area contributed by atoms with Crippen LogP contribution >= 0.6 is 15.9 Å². The fourth-order valence-electron chi connectivity index (χ4n) is 1.44. The van der Waals surface area contributed by atoms with Crippen LogP contribution < -0.4 is 10.2 Å². The highest BCUT2D eigenvalue weighted by Gasteiger charge is 2.15. The maximum absolute atomic E-state index is 11.9. The van der Waals surface area contributed by atoms with Gasteiger partial charge >= 0.3 is 0 Å². The Labute approximate surface area is 113 Å². The molecule has 0 aliphatic carbocycles. The summed E-state index contributed by atoms with van der Waals surface area (Å²) in [5, 5.41) is 0. The maximum atomic E-state index is 11.9. The molecule has 2 aromatic carbocycles. The number of nitroso groups, excluding NO2 is 1. The summed E-state index contributed by atoms with van der Waals surface area (Å²) in [5.74, 6) is 0.716. The van der Waals surface area contributed by atoms with Gasteiger partial charge in [0, 0.05) is 16.6 Å². The minimum atomic E-state index is 0.506. The Morgan fingerprint density at radius 1 is 1.11 bits per heavy atom. The zero-order chi connectivity index (χ0) is 13.0. The Hall–Kier alpha value is -1.88. The highest BCUT2D eigenvalue weighted by atomic mass is 79.9. The van der Waals surface area contributed by atoms with Crippen molar-refractivity contribution in [3.63, 3.8) is 0 Å². The fraction of sp³-hybridized carbons (Fsp3) is 0.0769. The van der Waals surface area contributed by atoms with Crippen LogP contribution in [-0.2, 0) is 0 Å². The molecule has 0 saturated carbocycles. The Bertz CT molecular complexity index is 555. The van der Waals surface area contributed by atoms with Crippen LogP contribution in [0.2, 0.25) is 0 Å². The number of benzene rings is 2. The van der Waals surface area contributed by atoms with E-state index in [1.165, 1.54) is 0 Å². The predicted octanol–water partition coefficient (Wildman–Crippen LogP) is 3.90. The van der Waals surface area contributed by atoms with Crippen LogP contribution in [0.4, 0.5) is 11.4 Å². The van der Waals surface area contributed by atoms with E-state index in [4.69, 9.17) is 4.74 Å². The molecule has 0 fully saturated rings. The Kier molecular flexibility index (Phi) is 3.94. The highest BCUT2D eigenvalue weighted by molar-refractivity contribution is 9.10. The van der Waals surface area contributed by atoms with E-state index in [2.05, 4.69) is 21.4 Å². The second kappa shape index (κ2) is 5.64. The smallest absolute Gasteiger partial charge is 0.292 e. The van der Waals surface area contributed by atoms with E-state index in [1.54, 1.807) is 31.4 Å². The molecule has 0 aliphatic rings. The molecule has 92 valence electrons. The second-order valence-electron chi connectivity index (χ2n) is 3.58. The van der Waals surface area contributed by atoms with Gasteiger partial charge in [-0.25, -0.2) is 0 Å². The van der Waals surface area contributed by atoms with Crippen molar-refractivity contribution in [2.75, 3.05) is 12.5 Å². The molecule has 0 unspecified atom stereocenters. The van der Waals surface area contributed by atoms with E-state index in [0.717, 1.165) is 4.47 Å². The molecule has 2 aromatic rings. The van der Waals surface area contributed by atoms with Crippen molar-refractivity contribution in [2.45, 2.75) is 0 Å². The lowest BCUT2D eigenvalue weighted by Crippen LogP contribution is -2.10. The molecule has 0 atom stereocenters. The van der Waals surface area contributed by atoms with Gasteiger partial charge in [-0.2, -0.15) is 0 Å². The van der Waals surface area contributed by atoms with Gasteiger partial charge in [-0.1, -0.05) is 12.1 Å². The van der Waals surface area contributed by atoms with Crippen LogP contribution in [0.25, 0.3) is 0 Å². The Morgan fingerprint density at radius 2 is 1.78 bits per heavy atom. The molecule has 0 amide bonds. The number of nitrogens with one attached hydrogen (secondary N) is 1. The number of anilines is 1. The summed E-state index contributed by atoms with van der Waals surface area (Å²) in [7, 11) is 1.59. The van der Waals surface area contributed by atoms with Gasteiger partial charge in [-0.3, -0.25) is 0 Å². The van der Waals surface area contributed by atoms with Crippen LogP contribution in [0.3, 0.4) is 0 Å². The molecule has 0 spiro atoms. The summed E-state index contributed by atoms with van der Waals surface area (Å²) in [4.78, 5) is 12.6. The van der Waals surface area contributed by atoms with E-state index in [9.17, 15) is 4.91 Å². The number of hydrazine groups is 1. The Morgan fingerprint density at radius 3 is 2.39 bits per heavy atom. The third kappa shape index (κ3) is 2.87. The number of rotatable bonds is 4. The molecular formula is C13H12BrN2O2+. The van der Waals surface area contributed by atoms with Crippen molar-refractivity contribution >= 4 is 27.3 Å². The zero-order valence-corrected chi connectivity index (χ0v) is 11.3. The number of hydrogen-bond donors (Lipinski definition) is 1. The third-order valence-electron chi connectivity index (χ3n) is 2.40. The molecule has 0 heterocycles.